The topological polar surface area (TPSA) is 152 Å². The minimum Gasteiger partial charge on any atom is -0.444 e. The Labute approximate surface area is 234 Å². The van der Waals surface area contributed by atoms with Crippen molar-refractivity contribution >= 4 is 35.2 Å². The van der Waals surface area contributed by atoms with Gasteiger partial charge in [0.25, 0.3) is 5.91 Å². The first-order valence-corrected chi connectivity index (χ1v) is 13.9. The highest BCUT2D eigenvalue weighted by Gasteiger charge is 2.50. The number of hydrogen-bond acceptors (Lipinski definition) is 9. The number of amides is 3. The van der Waals surface area contributed by atoms with Crippen molar-refractivity contribution < 1.29 is 19.1 Å². The maximum absolute atomic E-state index is 13.8. The van der Waals surface area contributed by atoms with Crippen molar-refractivity contribution in [2.75, 3.05) is 42.9 Å². The van der Waals surface area contributed by atoms with Gasteiger partial charge in [0.2, 0.25) is 5.91 Å². The molecule has 1 atom stereocenters. The average molecular weight is 554 g/mol. The molecule has 5 rings (SSSR count). The lowest BCUT2D eigenvalue weighted by Crippen LogP contribution is -2.52. The van der Waals surface area contributed by atoms with Gasteiger partial charge in [-0.2, -0.15) is 5.10 Å². The van der Waals surface area contributed by atoms with Gasteiger partial charge in [-0.25, -0.2) is 14.8 Å². The summed E-state index contributed by atoms with van der Waals surface area (Å²) < 4.78 is 7.17. The highest BCUT2D eigenvalue weighted by Crippen LogP contribution is 2.43. The summed E-state index contributed by atoms with van der Waals surface area (Å²) >= 11 is 0. The number of hydrogen-bond donors (Lipinski definition) is 2. The Hall–Kier alpha value is -3.90. The number of carbonyl (C=O) groups is 3. The predicted molar refractivity (Wildman–Crippen MR) is 148 cm³/mol. The monoisotopic (exact) mass is 553 g/mol. The third kappa shape index (κ3) is 5.68. The first-order chi connectivity index (χ1) is 18.9. The van der Waals surface area contributed by atoms with Gasteiger partial charge in [-0.3, -0.25) is 14.3 Å². The van der Waals surface area contributed by atoms with Crippen molar-refractivity contribution in [1.29, 1.82) is 0 Å². The number of piperidine rings is 2. The molecule has 3 saturated heterocycles. The van der Waals surface area contributed by atoms with Gasteiger partial charge in [0.1, 0.15) is 11.4 Å². The van der Waals surface area contributed by atoms with Crippen molar-refractivity contribution in [3.05, 3.63) is 24.3 Å². The second-order valence-electron chi connectivity index (χ2n) is 12.1. The number of rotatable bonds is 5. The predicted octanol–water partition coefficient (Wildman–Crippen LogP) is 2.27. The summed E-state index contributed by atoms with van der Waals surface area (Å²) in [5.41, 5.74) is 5.32. The molecule has 13 nitrogen and oxygen atoms in total. The summed E-state index contributed by atoms with van der Waals surface area (Å²) in [7, 11) is 1.80. The number of aromatic nitrogens is 4. The summed E-state index contributed by atoms with van der Waals surface area (Å²) in [6, 6.07) is 0.0526. The van der Waals surface area contributed by atoms with Gasteiger partial charge in [-0.1, -0.05) is 0 Å². The van der Waals surface area contributed by atoms with Gasteiger partial charge in [-0.15, -0.1) is 0 Å². The molecule has 3 aliphatic heterocycles. The number of nitrogens with zero attached hydrogens (tertiary/aromatic N) is 7. The molecule has 2 aromatic rings. The Kier molecular flexibility index (Phi) is 7.32. The summed E-state index contributed by atoms with van der Waals surface area (Å²) in [4.78, 5) is 53.2. The van der Waals surface area contributed by atoms with Gasteiger partial charge in [-0.05, 0) is 52.9 Å². The molecule has 0 aromatic carbocycles. The van der Waals surface area contributed by atoms with Crippen LogP contribution in [0.1, 0.15) is 63.4 Å². The third-order valence-corrected chi connectivity index (χ3v) is 8.04. The second-order valence-corrected chi connectivity index (χ2v) is 12.1. The van der Waals surface area contributed by atoms with Crippen LogP contribution in [0, 0.1) is 5.41 Å². The molecule has 13 heteroatoms. The van der Waals surface area contributed by atoms with E-state index < -0.39 is 16.9 Å². The van der Waals surface area contributed by atoms with E-state index in [1.54, 1.807) is 35.2 Å². The fourth-order valence-corrected chi connectivity index (χ4v) is 5.94. The number of carbonyl (C=O) groups excluding carboxylic acids is 3. The van der Waals surface area contributed by atoms with Gasteiger partial charge < -0.3 is 30.5 Å². The van der Waals surface area contributed by atoms with Crippen LogP contribution in [-0.2, 0) is 16.6 Å². The van der Waals surface area contributed by atoms with Crippen molar-refractivity contribution in [2.24, 2.45) is 18.2 Å². The summed E-state index contributed by atoms with van der Waals surface area (Å²) in [5.74, 6) is 0.408. The lowest BCUT2D eigenvalue weighted by Gasteiger charge is -2.41. The van der Waals surface area contributed by atoms with Crippen molar-refractivity contribution in [3.63, 3.8) is 0 Å². The van der Waals surface area contributed by atoms with E-state index in [-0.39, 0.29) is 29.6 Å². The molecular formula is C27H39N9O4. The summed E-state index contributed by atoms with van der Waals surface area (Å²) in [5, 5.41) is 7.24. The maximum Gasteiger partial charge on any atom is 0.410 e. The Balaban J connectivity index is 1.25. The Bertz CT molecular complexity index is 1280. The van der Waals surface area contributed by atoms with Crippen LogP contribution in [0.25, 0.3) is 0 Å². The Morgan fingerprint density at radius 1 is 1.12 bits per heavy atom. The average Bonchev–Trinajstić information content (AvgIpc) is 3.45. The van der Waals surface area contributed by atoms with Crippen LogP contribution in [0.2, 0.25) is 0 Å². The van der Waals surface area contributed by atoms with Gasteiger partial charge in [0.15, 0.2) is 11.5 Å². The highest BCUT2D eigenvalue weighted by molar-refractivity contribution is 5.96. The number of primary amides is 1. The van der Waals surface area contributed by atoms with E-state index in [0.717, 1.165) is 25.8 Å². The van der Waals surface area contributed by atoms with Gasteiger partial charge >= 0.3 is 6.09 Å². The number of nitrogens with two attached hydrogens (primary N) is 1. The largest absolute Gasteiger partial charge is 0.444 e. The van der Waals surface area contributed by atoms with E-state index >= 15 is 0 Å². The van der Waals surface area contributed by atoms with E-state index in [1.807, 2.05) is 25.7 Å². The zero-order chi connectivity index (χ0) is 28.7. The fourth-order valence-electron chi connectivity index (χ4n) is 5.94. The number of likely N-dealkylation sites (tertiary alicyclic amines) is 2. The van der Waals surface area contributed by atoms with Crippen LogP contribution in [0.5, 0.6) is 0 Å². The molecular weight excluding hydrogens is 514 g/mol. The number of anilines is 3. The lowest BCUT2D eigenvalue weighted by molar-refractivity contribution is -0.140. The van der Waals surface area contributed by atoms with Gasteiger partial charge in [0.05, 0.1) is 23.5 Å². The molecule has 40 heavy (non-hydrogen) atoms. The van der Waals surface area contributed by atoms with E-state index in [1.165, 1.54) is 0 Å². The second kappa shape index (κ2) is 10.6. The quantitative estimate of drug-likeness (QED) is 0.568. The molecule has 3 fully saturated rings. The van der Waals surface area contributed by atoms with Crippen LogP contribution in [0.3, 0.4) is 0 Å². The smallest absolute Gasteiger partial charge is 0.410 e. The normalized spacial score (nSPS) is 21.1. The van der Waals surface area contributed by atoms with Crippen LogP contribution < -0.4 is 16.0 Å². The van der Waals surface area contributed by atoms with Crippen LogP contribution >= 0.6 is 0 Å². The van der Waals surface area contributed by atoms with Crippen LogP contribution in [0.4, 0.5) is 22.1 Å². The minimum atomic E-state index is -0.673. The number of ether oxygens (including phenoxy) is 1. The van der Waals surface area contributed by atoms with Crippen molar-refractivity contribution in [1.82, 2.24) is 29.5 Å². The molecule has 0 bridgehead atoms. The molecule has 0 saturated carbocycles. The maximum atomic E-state index is 13.8. The standard InChI is InChI=1S/C27H39N9O4/c1-26(2,3)40-25(39)34-11-7-27(8-12-34)9-13-36(24(27)38)19-6-5-10-35(17-19)20-15-29-21(22(28)37)23(32-20)31-18-14-30-33(4)16-18/h14-16,19H,5-13,17H2,1-4H3,(H2,28,37)(H,31,32)/t19-/m1/s1. The van der Waals surface area contributed by atoms with Crippen molar-refractivity contribution in [3.8, 4) is 0 Å². The number of nitrogens with one attached hydrogen (secondary N) is 1. The fraction of sp³-hybridized carbons (Fsp3) is 0.630. The lowest BCUT2D eigenvalue weighted by atomic mass is 9.77. The molecule has 216 valence electrons. The molecule has 0 aliphatic carbocycles. The first kappa shape index (κ1) is 27.7. The van der Waals surface area contributed by atoms with Gasteiger partial charge in [0, 0.05) is 52.0 Å². The minimum absolute atomic E-state index is 0.0514. The molecule has 0 radical (unpaired) electrons. The molecule has 1 spiro atoms. The van der Waals surface area contributed by atoms with Crippen molar-refractivity contribution in [2.45, 2.75) is 64.5 Å². The SMILES string of the molecule is Cn1cc(Nc2nc(N3CCC[C@@H](N4CCC5(CCN(C(=O)OC(C)(C)C)CC5)C4=O)C3)cnc2C(N)=O)cn1. The van der Waals surface area contributed by atoms with E-state index in [0.29, 0.717) is 50.5 Å². The van der Waals surface area contributed by atoms with E-state index in [2.05, 4.69) is 20.3 Å². The molecule has 2 aromatic heterocycles. The third-order valence-electron chi connectivity index (χ3n) is 8.04. The molecule has 0 unspecified atom stereocenters. The van der Waals surface area contributed by atoms with Crippen LogP contribution in [-0.4, -0.2) is 91.8 Å². The molecule has 3 aliphatic rings. The molecule has 3 amide bonds. The zero-order valence-electron chi connectivity index (χ0n) is 23.7. The summed E-state index contributed by atoms with van der Waals surface area (Å²) in [6.45, 7) is 8.74. The first-order valence-electron chi connectivity index (χ1n) is 13.9. The number of aryl methyl sites for hydroxylation is 1. The molecule has 3 N–H and O–H groups in total. The van der Waals surface area contributed by atoms with Crippen LogP contribution in [0.15, 0.2) is 18.6 Å². The Morgan fingerprint density at radius 2 is 1.85 bits per heavy atom. The van der Waals surface area contributed by atoms with E-state index in [4.69, 9.17) is 15.5 Å². The van der Waals surface area contributed by atoms with E-state index in [9.17, 15) is 14.4 Å². The highest BCUT2D eigenvalue weighted by atomic mass is 16.6. The zero-order valence-corrected chi connectivity index (χ0v) is 23.7. The molecule has 5 heterocycles. The summed E-state index contributed by atoms with van der Waals surface area (Å²) in [6.07, 6.45) is 8.57. The Morgan fingerprint density at radius 3 is 2.50 bits per heavy atom.